The zero-order valence-electron chi connectivity index (χ0n) is 35.9. The minimum Gasteiger partial charge on any atom is -0.744 e. The maximum Gasteiger partial charge on any atom is 0.209 e. The molecule has 2 aromatic rings. The number of hydrogen-bond acceptors (Lipinski definition) is 13. The fraction of sp³-hybridized carbons (Fsp3) is 0.523. The monoisotopic (exact) mass is 905 g/mol. The third-order valence-electron chi connectivity index (χ3n) is 11.2. The van der Waals surface area contributed by atoms with Crippen LogP contribution >= 0.6 is 11.6 Å². The number of methoxy groups -OCH3 is 2. The van der Waals surface area contributed by atoms with Crippen molar-refractivity contribution >= 4 is 48.9 Å². The summed E-state index contributed by atoms with van der Waals surface area (Å²) < 4.78 is 107. The quantitative estimate of drug-likeness (QED) is 0.0714. The lowest BCUT2D eigenvalue weighted by Gasteiger charge is -2.27. The number of fused-ring (bicyclic) bond motifs is 2. The van der Waals surface area contributed by atoms with Gasteiger partial charge in [0.15, 0.2) is 12.3 Å². The summed E-state index contributed by atoms with van der Waals surface area (Å²) in [4.78, 5) is 1.53. The van der Waals surface area contributed by atoms with Gasteiger partial charge in [0.05, 0.1) is 74.7 Å². The Hall–Kier alpha value is -3.26. The summed E-state index contributed by atoms with van der Waals surface area (Å²) in [5.74, 6) is 0. The molecule has 0 amide bonds. The number of nitrogens with zero attached hydrogens (tertiary/aromatic N) is 2. The van der Waals surface area contributed by atoms with Gasteiger partial charge in [-0.05, 0) is 86.2 Å². The average Bonchev–Trinajstić information content (AvgIpc) is 3.55. The van der Waals surface area contributed by atoms with E-state index in [0.29, 0.717) is 95.3 Å². The molecule has 0 unspecified atom stereocenters. The van der Waals surface area contributed by atoms with Crippen molar-refractivity contribution in [2.75, 3.05) is 98.3 Å². The molecule has 0 radical (unpaired) electrons. The second kappa shape index (κ2) is 21.4. The zero-order valence-corrected chi connectivity index (χ0v) is 38.3. The molecule has 5 rings (SSSR count). The van der Waals surface area contributed by atoms with Crippen molar-refractivity contribution in [3.8, 4) is 0 Å². The fourth-order valence-electron chi connectivity index (χ4n) is 7.91. The number of anilines is 1. The Bertz CT molecular complexity index is 2260. The van der Waals surface area contributed by atoms with Gasteiger partial charge in [0.25, 0.3) is 0 Å². The van der Waals surface area contributed by atoms with E-state index in [2.05, 4.69) is 9.48 Å². The van der Waals surface area contributed by atoms with Crippen molar-refractivity contribution in [2.24, 2.45) is 0 Å². The van der Waals surface area contributed by atoms with E-state index in [0.717, 1.165) is 53.2 Å². The molecule has 3 aliphatic rings. The van der Waals surface area contributed by atoms with Crippen molar-refractivity contribution in [1.29, 1.82) is 0 Å². The Morgan fingerprint density at radius 2 is 1.26 bits per heavy atom. The lowest BCUT2D eigenvalue weighted by molar-refractivity contribution is -0.442. The zero-order chi connectivity index (χ0) is 44.4. The Kier molecular flexibility index (Phi) is 17.1. The predicted molar refractivity (Wildman–Crippen MR) is 231 cm³/mol. The summed E-state index contributed by atoms with van der Waals surface area (Å²) in [5.41, 5.74) is 5.32. The lowest BCUT2D eigenvalue weighted by atomic mass is 9.81. The molecule has 0 saturated carbocycles. The van der Waals surface area contributed by atoms with Crippen LogP contribution in [-0.4, -0.2) is 130 Å². The summed E-state index contributed by atoms with van der Waals surface area (Å²) in [6.45, 7) is 13.2. The Labute approximate surface area is 365 Å². The van der Waals surface area contributed by atoms with E-state index in [1.165, 1.54) is 24.3 Å². The van der Waals surface area contributed by atoms with E-state index >= 15 is 0 Å². The van der Waals surface area contributed by atoms with Crippen molar-refractivity contribution in [1.82, 2.24) is 0 Å². The standard InChI is InChI=1S/C44H59ClN2O12S2/c1-43(2)36-30-34(60(48,49)50)12-14-38(36)46(18-20-56-26-28-58-24-22-54-5)40(43)16-10-32-8-7-9-33(42(32)45)11-17-41-44(3,4)37-31-35(61(51,52)53)13-15-39(37)47(41)19-21-57-27-29-59-25-23-55-6/h10-17,30-31H,7-9,18-29H2,1-6H3,(H-,48,49,50,51,52,53)/p-1. The van der Waals surface area contributed by atoms with Gasteiger partial charge in [-0.3, -0.25) is 0 Å². The molecule has 0 spiro atoms. The first kappa shape index (κ1) is 48.8. The van der Waals surface area contributed by atoms with Crippen LogP contribution in [0, 0.1) is 0 Å². The largest absolute Gasteiger partial charge is 0.744 e. The molecule has 2 aromatic carbocycles. The number of benzene rings is 2. The third kappa shape index (κ3) is 12.1. The van der Waals surface area contributed by atoms with E-state index in [1.807, 2.05) is 52.0 Å². The van der Waals surface area contributed by atoms with Crippen molar-refractivity contribution in [2.45, 2.75) is 67.6 Å². The molecule has 17 heteroatoms. The topological polar surface area (TPSA) is 176 Å². The van der Waals surface area contributed by atoms with Crippen molar-refractivity contribution in [3.63, 3.8) is 0 Å². The molecule has 0 saturated heterocycles. The van der Waals surface area contributed by atoms with E-state index in [9.17, 15) is 25.9 Å². The molecule has 0 fully saturated rings. The highest BCUT2D eigenvalue weighted by Gasteiger charge is 2.45. The molecular weight excluding hydrogens is 848 g/mol. The smallest absolute Gasteiger partial charge is 0.209 e. The fourth-order valence-corrected chi connectivity index (χ4v) is 9.22. The van der Waals surface area contributed by atoms with Crippen LogP contribution in [0.25, 0.3) is 0 Å². The van der Waals surface area contributed by atoms with E-state index in [1.54, 1.807) is 26.4 Å². The summed E-state index contributed by atoms with van der Waals surface area (Å²) in [7, 11) is -6.13. The normalized spacial score (nSPS) is 18.9. The first-order valence-corrected chi connectivity index (χ1v) is 23.5. The van der Waals surface area contributed by atoms with Gasteiger partial charge in [0, 0.05) is 60.3 Å². The van der Waals surface area contributed by atoms with E-state index in [-0.39, 0.29) is 9.79 Å². The molecule has 0 atom stereocenters. The first-order chi connectivity index (χ1) is 28.9. The van der Waals surface area contributed by atoms with Crippen LogP contribution in [0.2, 0.25) is 0 Å². The van der Waals surface area contributed by atoms with Gasteiger partial charge in [0.1, 0.15) is 26.8 Å². The number of ether oxygens (including phenoxy) is 6. The van der Waals surface area contributed by atoms with Crippen LogP contribution < -0.4 is 4.90 Å². The minimum atomic E-state index is -4.68. The Balaban J connectivity index is 1.43. The summed E-state index contributed by atoms with van der Waals surface area (Å²) >= 11 is 7.19. The van der Waals surface area contributed by atoms with Gasteiger partial charge in [-0.25, -0.2) is 16.8 Å². The highest BCUT2D eigenvalue weighted by Crippen LogP contribution is 2.49. The van der Waals surface area contributed by atoms with Gasteiger partial charge in [-0.15, -0.1) is 0 Å². The summed E-state index contributed by atoms with van der Waals surface area (Å²) in [6, 6.07) is 8.97. The second-order valence-electron chi connectivity index (χ2n) is 15.9. The van der Waals surface area contributed by atoms with Gasteiger partial charge in [-0.2, -0.15) is 4.58 Å². The Morgan fingerprint density at radius 3 is 1.87 bits per heavy atom. The maximum atomic E-state index is 12.0. The molecule has 14 nitrogen and oxygen atoms in total. The summed E-state index contributed by atoms with van der Waals surface area (Å²) in [6.07, 6.45) is 10.4. The number of allylic oxidation sites excluding steroid dienone is 8. The van der Waals surface area contributed by atoms with Gasteiger partial charge in [0.2, 0.25) is 5.69 Å². The molecule has 336 valence electrons. The summed E-state index contributed by atoms with van der Waals surface area (Å²) in [5, 5.41) is 0.618. The van der Waals surface area contributed by atoms with Crippen LogP contribution in [0.3, 0.4) is 0 Å². The molecule has 1 aliphatic carbocycles. The number of rotatable bonds is 23. The van der Waals surface area contributed by atoms with Crippen LogP contribution in [0.15, 0.2) is 92.4 Å². The SMILES string of the molecule is COCCOCCOCCN1/C(=C/C=C2\CCCC(/C=C/C3=[N+](CCOCCOCCOC)c4ccc(S(=O)(=O)[O-])cc4C3(C)C)=C2Cl)C(C)(C)c2cc(S(=O)(=O)[O-])ccc21. The Morgan fingerprint density at radius 1 is 0.705 bits per heavy atom. The minimum absolute atomic E-state index is 0.283. The van der Waals surface area contributed by atoms with Gasteiger partial charge < -0.3 is 42.4 Å². The highest BCUT2D eigenvalue weighted by molar-refractivity contribution is 7.86. The molecular formula is C44H58ClN2O12S2-. The average molecular weight is 907 g/mol. The molecule has 0 bridgehead atoms. The third-order valence-corrected chi connectivity index (χ3v) is 13.3. The van der Waals surface area contributed by atoms with E-state index < -0.39 is 31.1 Å². The molecule has 2 aliphatic heterocycles. The van der Waals surface area contributed by atoms with Crippen LogP contribution in [0.1, 0.15) is 58.1 Å². The molecule has 0 aromatic heterocycles. The van der Waals surface area contributed by atoms with Crippen LogP contribution in [0.5, 0.6) is 0 Å². The van der Waals surface area contributed by atoms with Gasteiger partial charge >= 0.3 is 0 Å². The second-order valence-corrected chi connectivity index (χ2v) is 19.0. The molecule has 2 heterocycles. The van der Waals surface area contributed by atoms with E-state index in [4.69, 9.17) is 40.0 Å². The lowest BCUT2D eigenvalue weighted by Crippen LogP contribution is -2.29. The predicted octanol–water partition coefficient (Wildman–Crippen LogP) is 6.07. The molecule has 61 heavy (non-hydrogen) atoms. The maximum absolute atomic E-state index is 12.0. The first-order valence-electron chi connectivity index (χ1n) is 20.3. The number of hydrogen-bond donors (Lipinski definition) is 0. The highest BCUT2D eigenvalue weighted by atomic mass is 35.5. The number of halogens is 1. The van der Waals surface area contributed by atoms with Gasteiger partial charge in [-0.1, -0.05) is 37.6 Å². The molecule has 0 N–H and O–H groups in total. The van der Waals surface area contributed by atoms with Crippen LogP contribution in [-0.2, 0) is 59.5 Å². The van der Waals surface area contributed by atoms with Crippen molar-refractivity contribution in [3.05, 3.63) is 93.7 Å². The van der Waals surface area contributed by atoms with Crippen molar-refractivity contribution < 1.29 is 58.9 Å². The van der Waals surface area contributed by atoms with Crippen LogP contribution in [0.4, 0.5) is 11.4 Å².